The van der Waals surface area contributed by atoms with Crippen LogP contribution in [0.5, 0.6) is 0 Å². The lowest BCUT2D eigenvalue weighted by atomic mass is 11.0. The molecule has 0 unspecified atom stereocenters. The van der Waals surface area contributed by atoms with Crippen LogP contribution in [0.2, 0.25) is 0 Å². The molecule has 4 nitrogen and oxygen atoms in total. The van der Waals surface area contributed by atoms with Gasteiger partial charge in [0.15, 0.2) is 0 Å². The first-order valence-corrected chi connectivity index (χ1v) is 3.82. The molecule has 0 aliphatic heterocycles. The van der Waals surface area contributed by atoms with Crippen LogP contribution >= 0.6 is 0 Å². The largest absolute Gasteiger partial charge is 0.274 e. The van der Waals surface area contributed by atoms with Crippen molar-refractivity contribution in [2.75, 3.05) is 7.05 Å². The highest BCUT2D eigenvalue weighted by molar-refractivity contribution is 7.87. The van der Waals surface area contributed by atoms with Gasteiger partial charge in [0.1, 0.15) is 0 Å². The zero-order valence-electron chi connectivity index (χ0n) is 5.30. The van der Waals surface area contributed by atoms with E-state index in [0.717, 1.165) is 0 Å². The molecule has 0 saturated heterocycles. The van der Waals surface area contributed by atoms with Crippen molar-refractivity contribution in [1.29, 1.82) is 0 Å². The molecule has 0 amide bonds. The van der Waals surface area contributed by atoms with Gasteiger partial charge < -0.3 is 0 Å². The molecule has 0 heterocycles. The first-order chi connectivity index (χ1) is 3.56. The number of hydrogen-bond acceptors (Lipinski definition) is 2. The second kappa shape index (κ2) is 5.02. The molecule has 5 heteroatoms. The van der Waals surface area contributed by atoms with Crippen molar-refractivity contribution in [2.24, 2.45) is 5.14 Å². The van der Waals surface area contributed by atoms with Crippen molar-refractivity contribution in [3.8, 4) is 0 Å². The van der Waals surface area contributed by atoms with E-state index in [4.69, 9.17) is 0 Å². The molecule has 0 aliphatic carbocycles. The van der Waals surface area contributed by atoms with Gasteiger partial charge in [-0.15, -0.1) is 0 Å². The normalized spacial score (nSPS) is 9.50. The summed E-state index contributed by atoms with van der Waals surface area (Å²) in [6.45, 7) is 4.00. The Labute approximate surface area is 50.3 Å². The van der Waals surface area contributed by atoms with Crippen LogP contribution in [0.4, 0.5) is 0 Å². The Kier molecular flexibility index (Phi) is 6.76. The molecule has 0 atom stereocenters. The van der Waals surface area contributed by atoms with Crippen LogP contribution in [0.25, 0.3) is 0 Å². The first-order valence-electron chi connectivity index (χ1n) is 2.27. The minimum atomic E-state index is -3.41. The highest BCUT2D eigenvalue weighted by atomic mass is 32.2. The smallest absolute Gasteiger partial charge is 0.216 e. The fourth-order valence-electron chi connectivity index (χ4n) is 0. The van der Waals surface area contributed by atoms with Crippen LogP contribution in [-0.2, 0) is 10.2 Å². The first kappa shape index (κ1) is 10.8. The number of hydrogen-bond donors (Lipinski definition) is 2. The summed E-state index contributed by atoms with van der Waals surface area (Å²) in [6, 6.07) is 0. The molecule has 0 aromatic heterocycles. The van der Waals surface area contributed by atoms with Crippen LogP contribution in [0.1, 0.15) is 13.8 Å². The molecule has 0 rings (SSSR count). The van der Waals surface area contributed by atoms with Crippen molar-refractivity contribution in [2.45, 2.75) is 13.8 Å². The minimum absolute atomic E-state index is 1.25. The minimum Gasteiger partial charge on any atom is -0.216 e. The summed E-state index contributed by atoms with van der Waals surface area (Å²) in [7, 11) is -2.17. The molecule has 0 aromatic carbocycles. The van der Waals surface area contributed by atoms with Crippen molar-refractivity contribution < 1.29 is 8.42 Å². The third kappa shape index (κ3) is 16.9. The predicted octanol–water partition coefficient (Wildman–Crippen LogP) is -0.564. The van der Waals surface area contributed by atoms with Crippen molar-refractivity contribution in [3.63, 3.8) is 0 Å². The maximum absolute atomic E-state index is 9.67. The lowest BCUT2D eigenvalue weighted by molar-refractivity contribution is 0.590. The van der Waals surface area contributed by atoms with Gasteiger partial charge in [-0.3, -0.25) is 0 Å². The second-order valence-electron chi connectivity index (χ2n) is 0.749. The number of nitrogens with two attached hydrogens (primary N) is 1. The Hall–Kier alpha value is -0.130. The highest BCUT2D eigenvalue weighted by Crippen LogP contribution is 1.53. The van der Waals surface area contributed by atoms with E-state index in [1.807, 2.05) is 18.6 Å². The molecule has 0 aliphatic rings. The van der Waals surface area contributed by atoms with Gasteiger partial charge in [0.2, 0.25) is 0 Å². The molecular formula is C3H12N2O2S. The van der Waals surface area contributed by atoms with E-state index in [1.165, 1.54) is 7.05 Å². The SMILES string of the molecule is CC.CNS(N)(=O)=O. The molecule has 0 saturated carbocycles. The maximum Gasteiger partial charge on any atom is 0.274 e. The summed E-state index contributed by atoms with van der Waals surface area (Å²) >= 11 is 0. The Morgan fingerprint density at radius 1 is 1.38 bits per heavy atom. The van der Waals surface area contributed by atoms with Gasteiger partial charge in [-0.1, -0.05) is 13.8 Å². The monoisotopic (exact) mass is 140 g/mol. The van der Waals surface area contributed by atoms with Gasteiger partial charge in [0, 0.05) is 7.05 Å². The Bertz CT molecular complexity index is 117. The van der Waals surface area contributed by atoms with Crippen LogP contribution in [-0.4, -0.2) is 15.5 Å². The van der Waals surface area contributed by atoms with Crippen LogP contribution in [0, 0.1) is 0 Å². The summed E-state index contributed by atoms with van der Waals surface area (Å²) in [5, 5.41) is 4.40. The molecule has 0 spiro atoms. The van der Waals surface area contributed by atoms with Gasteiger partial charge in [0.25, 0.3) is 10.2 Å². The van der Waals surface area contributed by atoms with Crippen LogP contribution in [0.3, 0.4) is 0 Å². The average molecular weight is 140 g/mol. The summed E-state index contributed by atoms with van der Waals surface area (Å²) in [5.74, 6) is 0. The molecule has 8 heavy (non-hydrogen) atoms. The van der Waals surface area contributed by atoms with Crippen LogP contribution < -0.4 is 9.86 Å². The fourth-order valence-corrected chi connectivity index (χ4v) is 0. The third-order valence-electron chi connectivity index (χ3n) is 0.285. The third-order valence-corrected chi connectivity index (χ3v) is 0.854. The molecule has 0 radical (unpaired) electrons. The standard InChI is InChI=1S/C2H6.CH6N2O2S/c1-2;1-3-6(2,4)5/h1-2H3;3H,1H3,(H2,2,4,5). The Balaban J connectivity index is 0. The number of nitrogens with one attached hydrogen (secondary N) is 1. The molecule has 0 fully saturated rings. The van der Waals surface area contributed by atoms with Crippen molar-refractivity contribution in [3.05, 3.63) is 0 Å². The molecular weight excluding hydrogens is 128 g/mol. The molecule has 0 bridgehead atoms. The van der Waals surface area contributed by atoms with E-state index in [-0.39, 0.29) is 0 Å². The van der Waals surface area contributed by atoms with E-state index in [9.17, 15) is 8.42 Å². The Morgan fingerprint density at radius 2 is 1.50 bits per heavy atom. The Morgan fingerprint density at radius 3 is 1.50 bits per heavy atom. The van der Waals surface area contributed by atoms with E-state index >= 15 is 0 Å². The quantitative estimate of drug-likeness (QED) is 0.512. The summed E-state index contributed by atoms with van der Waals surface area (Å²) in [4.78, 5) is 0. The molecule has 0 aromatic rings. The highest BCUT2D eigenvalue weighted by Gasteiger charge is 1.88. The van der Waals surface area contributed by atoms with Crippen molar-refractivity contribution >= 4 is 10.2 Å². The zero-order valence-corrected chi connectivity index (χ0v) is 6.12. The fraction of sp³-hybridized carbons (Fsp3) is 1.00. The van der Waals surface area contributed by atoms with E-state index in [0.29, 0.717) is 0 Å². The van der Waals surface area contributed by atoms with Gasteiger partial charge in [-0.2, -0.15) is 8.42 Å². The summed E-state index contributed by atoms with van der Waals surface area (Å²) in [5.41, 5.74) is 0. The summed E-state index contributed by atoms with van der Waals surface area (Å²) in [6.07, 6.45) is 0. The van der Waals surface area contributed by atoms with Gasteiger partial charge in [0.05, 0.1) is 0 Å². The lowest BCUT2D eigenvalue weighted by Gasteiger charge is -1.85. The van der Waals surface area contributed by atoms with Gasteiger partial charge in [-0.25, -0.2) is 9.86 Å². The molecule has 52 valence electrons. The van der Waals surface area contributed by atoms with E-state index in [2.05, 4.69) is 5.14 Å². The summed E-state index contributed by atoms with van der Waals surface area (Å²) < 4.78 is 21.2. The van der Waals surface area contributed by atoms with E-state index in [1.54, 1.807) is 0 Å². The van der Waals surface area contributed by atoms with E-state index < -0.39 is 10.2 Å². The predicted molar refractivity (Wildman–Crippen MR) is 33.5 cm³/mol. The van der Waals surface area contributed by atoms with Crippen molar-refractivity contribution in [1.82, 2.24) is 4.72 Å². The van der Waals surface area contributed by atoms with Gasteiger partial charge in [-0.05, 0) is 0 Å². The average Bonchev–Trinajstić information content (AvgIpc) is 1.71. The molecule has 3 N–H and O–H groups in total. The zero-order chi connectivity index (χ0) is 7.21. The topological polar surface area (TPSA) is 72.2 Å². The second-order valence-corrected chi connectivity index (χ2v) is 2.25. The van der Waals surface area contributed by atoms with Crippen LogP contribution in [0.15, 0.2) is 0 Å². The lowest BCUT2D eigenvalue weighted by Crippen LogP contribution is -2.26. The number of rotatable bonds is 1. The maximum atomic E-state index is 9.67. The van der Waals surface area contributed by atoms with Gasteiger partial charge >= 0.3 is 0 Å².